The van der Waals surface area contributed by atoms with Gasteiger partial charge in [-0.3, -0.25) is 0 Å². The fourth-order valence-corrected chi connectivity index (χ4v) is 2.32. The van der Waals surface area contributed by atoms with Gasteiger partial charge in [0.2, 0.25) is 0 Å². The Labute approximate surface area is 135 Å². The van der Waals surface area contributed by atoms with Crippen molar-refractivity contribution in [1.29, 1.82) is 0 Å². The van der Waals surface area contributed by atoms with Crippen molar-refractivity contribution < 1.29 is 0 Å². The Morgan fingerprint density at radius 3 is 2.00 bits per heavy atom. The molecule has 0 bridgehead atoms. The second-order valence-corrected chi connectivity index (χ2v) is 5.82. The standard InChI is InChI=1S/C10H13NS2.C6H15N/c1-8(11-10(12)13)7-9-5-3-2-4-6-9;1-4-7(5-2)6-3/h2-6,8H,7H2,1H3,(H2,11,12,13);4-6H2,1-3H3/t8-;/m0./s1. The van der Waals surface area contributed by atoms with Gasteiger partial charge in [0.1, 0.15) is 4.32 Å². The lowest BCUT2D eigenvalue weighted by molar-refractivity contribution is 0.321. The van der Waals surface area contributed by atoms with E-state index in [4.69, 9.17) is 12.2 Å². The molecule has 0 saturated carbocycles. The molecule has 2 nitrogen and oxygen atoms in total. The second kappa shape index (κ2) is 12.2. The lowest BCUT2D eigenvalue weighted by Crippen LogP contribution is -2.29. The van der Waals surface area contributed by atoms with Crippen LogP contribution in [0.1, 0.15) is 33.3 Å². The molecule has 4 heteroatoms. The van der Waals surface area contributed by atoms with Crippen LogP contribution >= 0.6 is 24.8 Å². The van der Waals surface area contributed by atoms with Gasteiger partial charge in [0, 0.05) is 6.04 Å². The lowest BCUT2D eigenvalue weighted by Gasteiger charge is -2.13. The summed E-state index contributed by atoms with van der Waals surface area (Å²) in [4.78, 5) is 2.38. The fraction of sp³-hybridized carbons (Fsp3) is 0.562. The highest BCUT2D eigenvalue weighted by atomic mass is 32.1. The summed E-state index contributed by atoms with van der Waals surface area (Å²) in [5.41, 5.74) is 1.31. The Bertz CT molecular complexity index is 345. The Morgan fingerprint density at radius 1 is 1.15 bits per heavy atom. The van der Waals surface area contributed by atoms with E-state index in [9.17, 15) is 0 Å². The molecule has 0 heterocycles. The van der Waals surface area contributed by atoms with Gasteiger partial charge in [-0.2, -0.15) is 0 Å². The summed E-state index contributed by atoms with van der Waals surface area (Å²) < 4.78 is 0.559. The summed E-state index contributed by atoms with van der Waals surface area (Å²) >= 11 is 8.87. The van der Waals surface area contributed by atoms with Gasteiger partial charge in [-0.15, -0.1) is 12.6 Å². The van der Waals surface area contributed by atoms with E-state index in [1.807, 2.05) is 18.2 Å². The Hall–Kier alpha value is -0.580. The van der Waals surface area contributed by atoms with Gasteiger partial charge in [0.15, 0.2) is 0 Å². The molecule has 0 radical (unpaired) electrons. The normalized spacial score (nSPS) is 11.5. The van der Waals surface area contributed by atoms with Gasteiger partial charge < -0.3 is 10.2 Å². The zero-order valence-electron chi connectivity index (χ0n) is 13.1. The van der Waals surface area contributed by atoms with Gasteiger partial charge in [-0.1, -0.05) is 63.3 Å². The van der Waals surface area contributed by atoms with E-state index in [0.29, 0.717) is 10.4 Å². The van der Waals surface area contributed by atoms with Crippen LogP contribution in [-0.2, 0) is 6.42 Å². The van der Waals surface area contributed by atoms with Crippen molar-refractivity contribution >= 4 is 29.2 Å². The molecule has 0 unspecified atom stereocenters. The van der Waals surface area contributed by atoms with Crippen molar-refractivity contribution in [2.75, 3.05) is 19.6 Å². The van der Waals surface area contributed by atoms with E-state index in [1.54, 1.807) is 0 Å². The SMILES string of the molecule is CCN(CC)CC.C[C@@H](Cc1ccccc1)NC(=S)S. The highest BCUT2D eigenvalue weighted by molar-refractivity contribution is 8.11. The van der Waals surface area contributed by atoms with Gasteiger partial charge in [-0.05, 0) is 38.5 Å². The zero-order chi connectivity index (χ0) is 15.4. The topological polar surface area (TPSA) is 15.3 Å². The van der Waals surface area contributed by atoms with Crippen LogP contribution in [0.3, 0.4) is 0 Å². The molecule has 114 valence electrons. The molecule has 1 aromatic carbocycles. The molecular weight excluding hydrogens is 284 g/mol. The number of nitrogens with zero attached hydrogens (tertiary/aromatic N) is 1. The molecule has 0 amide bonds. The van der Waals surface area contributed by atoms with E-state index < -0.39 is 0 Å². The minimum atomic E-state index is 0.340. The number of hydrogen-bond donors (Lipinski definition) is 2. The summed E-state index contributed by atoms with van der Waals surface area (Å²) in [6.45, 7) is 12.2. The van der Waals surface area contributed by atoms with E-state index in [1.165, 1.54) is 25.2 Å². The summed E-state index contributed by atoms with van der Waals surface area (Å²) in [6.07, 6.45) is 0.974. The molecule has 1 aromatic rings. The highest BCUT2D eigenvalue weighted by Crippen LogP contribution is 2.02. The van der Waals surface area contributed by atoms with Crippen molar-refractivity contribution in [3.8, 4) is 0 Å². The quantitative estimate of drug-likeness (QED) is 0.614. The monoisotopic (exact) mass is 312 g/mol. The van der Waals surface area contributed by atoms with Crippen molar-refractivity contribution in [3.63, 3.8) is 0 Å². The van der Waals surface area contributed by atoms with Crippen LogP contribution in [0.4, 0.5) is 0 Å². The van der Waals surface area contributed by atoms with Crippen LogP contribution in [0, 0.1) is 0 Å². The molecule has 1 rings (SSSR count). The zero-order valence-corrected chi connectivity index (χ0v) is 14.8. The maximum Gasteiger partial charge on any atom is 0.130 e. The van der Waals surface area contributed by atoms with Crippen molar-refractivity contribution in [2.24, 2.45) is 0 Å². The highest BCUT2D eigenvalue weighted by Gasteiger charge is 2.02. The smallest absolute Gasteiger partial charge is 0.130 e. The lowest BCUT2D eigenvalue weighted by atomic mass is 10.1. The summed E-state index contributed by atoms with van der Waals surface area (Å²) in [5, 5.41) is 3.09. The number of nitrogens with one attached hydrogen (secondary N) is 1. The third kappa shape index (κ3) is 10.2. The van der Waals surface area contributed by atoms with E-state index in [-0.39, 0.29) is 0 Å². The van der Waals surface area contributed by atoms with Crippen molar-refractivity contribution in [1.82, 2.24) is 10.2 Å². The predicted octanol–water partition coefficient (Wildman–Crippen LogP) is 3.77. The maximum atomic E-state index is 4.84. The molecular formula is C16H28N2S2. The minimum absolute atomic E-state index is 0.340. The average Bonchev–Trinajstić information content (AvgIpc) is 2.41. The molecule has 20 heavy (non-hydrogen) atoms. The average molecular weight is 313 g/mol. The van der Waals surface area contributed by atoms with Crippen LogP contribution in [0.5, 0.6) is 0 Å². The predicted molar refractivity (Wildman–Crippen MR) is 97.8 cm³/mol. The summed E-state index contributed by atoms with van der Waals surface area (Å²) in [6, 6.07) is 10.7. The van der Waals surface area contributed by atoms with Gasteiger partial charge in [0.25, 0.3) is 0 Å². The van der Waals surface area contributed by atoms with Crippen molar-refractivity contribution in [2.45, 2.75) is 40.2 Å². The first kappa shape index (κ1) is 19.4. The molecule has 1 N–H and O–H groups in total. The Kier molecular flexibility index (Phi) is 11.8. The molecule has 0 aliphatic heterocycles. The Balaban J connectivity index is 0.000000441. The third-order valence-electron chi connectivity index (χ3n) is 3.10. The van der Waals surface area contributed by atoms with E-state index >= 15 is 0 Å². The third-order valence-corrected chi connectivity index (χ3v) is 3.34. The first-order valence-electron chi connectivity index (χ1n) is 7.29. The van der Waals surface area contributed by atoms with Gasteiger partial charge in [0.05, 0.1) is 0 Å². The number of thiocarbonyl (C=S) groups is 1. The van der Waals surface area contributed by atoms with Crippen LogP contribution < -0.4 is 5.32 Å². The second-order valence-electron chi connectivity index (χ2n) is 4.66. The molecule has 0 aliphatic carbocycles. The Morgan fingerprint density at radius 2 is 1.65 bits per heavy atom. The number of benzene rings is 1. The number of hydrogen-bond acceptors (Lipinski definition) is 2. The van der Waals surface area contributed by atoms with Gasteiger partial charge >= 0.3 is 0 Å². The van der Waals surface area contributed by atoms with E-state index in [0.717, 1.165) is 6.42 Å². The summed E-state index contributed by atoms with van der Waals surface area (Å²) in [5.74, 6) is 0. The molecule has 0 saturated heterocycles. The van der Waals surface area contributed by atoms with Crippen LogP contribution in [0.15, 0.2) is 30.3 Å². The van der Waals surface area contributed by atoms with Crippen LogP contribution in [0.25, 0.3) is 0 Å². The van der Waals surface area contributed by atoms with Gasteiger partial charge in [-0.25, -0.2) is 0 Å². The van der Waals surface area contributed by atoms with Crippen LogP contribution in [0.2, 0.25) is 0 Å². The molecule has 1 atom stereocenters. The van der Waals surface area contributed by atoms with E-state index in [2.05, 4.69) is 62.7 Å². The molecule has 0 fully saturated rings. The van der Waals surface area contributed by atoms with Crippen LogP contribution in [-0.4, -0.2) is 34.9 Å². The number of thiol groups is 1. The molecule has 0 aromatic heterocycles. The van der Waals surface area contributed by atoms with Crippen molar-refractivity contribution in [3.05, 3.63) is 35.9 Å². The maximum absolute atomic E-state index is 4.84. The first-order chi connectivity index (χ1) is 9.53. The molecule has 0 aliphatic rings. The number of rotatable bonds is 6. The largest absolute Gasteiger partial charge is 0.368 e. The molecule has 0 spiro atoms. The minimum Gasteiger partial charge on any atom is -0.368 e. The fourth-order valence-electron chi connectivity index (χ4n) is 1.90. The first-order valence-corrected chi connectivity index (χ1v) is 8.14. The summed E-state index contributed by atoms with van der Waals surface area (Å²) in [7, 11) is 0.